The molecular weight excluding hydrogens is 1510 g/mol. The largest absolute Gasteiger partial charge is 0.488 e. The third-order valence-corrected chi connectivity index (χ3v) is 17.4. The Hall–Kier alpha value is -11.5. The van der Waals surface area contributed by atoms with Gasteiger partial charge in [-0.05, 0) is 237 Å². The highest BCUT2D eigenvalue weighted by Crippen LogP contribution is 2.36. The molecule has 0 aliphatic heterocycles. The summed E-state index contributed by atoms with van der Waals surface area (Å²) in [5, 5.41) is 19.4. The number of hydrogen-bond donors (Lipinski definition) is 4. The third-order valence-electron chi connectivity index (χ3n) is 16.0. The smallest absolute Gasteiger partial charge is 0.423 e. The van der Waals surface area contributed by atoms with Crippen LogP contribution in [-0.4, -0.2) is 44.5 Å². The zero-order valence-electron chi connectivity index (χ0n) is 55.5. The Labute approximate surface area is 623 Å². The minimum absolute atomic E-state index is 0.0309. The molecule has 103 heavy (non-hydrogen) atoms. The van der Waals surface area contributed by atoms with Crippen LogP contribution < -0.4 is 16.9 Å². The van der Waals surface area contributed by atoms with Crippen LogP contribution >= 0.6 is 45.2 Å². The molecule has 0 aliphatic carbocycles. The minimum atomic E-state index is -1.34. The lowest BCUT2D eigenvalue weighted by Gasteiger charge is -2.12. The van der Waals surface area contributed by atoms with Crippen LogP contribution in [0.3, 0.4) is 0 Å². The van der Waals surface area contributed by atoms with Gasteiger partial charge in [0.1, 0.15) is 17.5 Å². The molecule has 9 nitrogen and oxygen atoms in total. The maximum atomic E-state index is 13.4. The summed E-state index contributed by atoms with van der Waals surface area (Å²) < 4.78 is 41.0. The summed E-state index contributed by atoms with van der Waals surface area (Å²) in [6, 6.07) is 106. The Morgan fingerprint density at radius 1 is 0.340 bits per heavy atom. The zero-order valence-corrected chi connectivity index (χ0v) is 59.9. The molecule has 0 spiro atoms. The molecule has 0 saturated carbocycles. The lowest BCUT2D eigenvalue weighted by molar-refractivity contribution is 0.101. The molecule has 0 bridgehead atoms. The molecule has 15 rings (SSSR count). The summed E-state index contributed by atoms with van der Waals surface area (Å²) in [5.41, 5.74) is 28.3. The van der Waals surface area contributed by atoms with E-state index in [0.29, 0.717) is 44.7 Å². The first-order chi connectivity index (χ1) is 50.0. The SMILES string of the molecule is CC(=O)c1ccc(F)cc1.Fc1ccc(-c2cc(-c3ccccc3)c3cc(-c4ccccc4)ccc3n2)cc1.Fc1ccc(-c2cc(-c3ccccc3)c3cc(I)ccc3n2)cc1.Nc1ccc(I)cc1C(=O)c1ccccc1.Nc1ccccc1C(=O)c1ccccc1.OB(O)c1ccccc1. The minimum Gasteiger partial charge on any atom is -0.423 e. The first-order valence-corrected chi connectivity index (χ1v) is 34.6. The van der Waals surface area contributed by atoms with Crippen molar-refractivity contribution in [2.45, 2.75) is 6.92 Å². The highest BCUT2D eigenvalue weighted by molar-refractivity contribution is 14.1. The highest BCUT2D eigenvalue weighted by Gasteiger charge is 2.16. The topological polar surface area (TPSA) is 169 Å². The molecule has 0 fully saturated rings. The van der Waals surface area contributed by atoms with Crippen molar-refractivity contribution in [2.24, 2.45) is 0 Å². The van der Waals surface area contributed by atoms with Gasteiger partial charge in [0.15, 0.2) is 17.3 Å². The first kappa shape index (κ1) is 74.2. The number of pyridine rings is 2. The summed E-state index contributed by atoms with van der Waals surface area (Å²) in [4.78, 5) is 44.4. The number of Topliss-reactive ketones (excluding diaryl/α,β-unsaturated/α-hetero) is 1. The first-order valence-electron chi connectivity index (χ1n) is 32.5. The number of carbonyl (C=O) groups is 3. The molecule has 15 heteroatoms. The second-order valence-corrected chi connectivity index (χ2v) is 25.7. The van der Waals surface area contributed by atoms with E-state index in [1.165, 1.54) is 64.6 Å². The summed E-state index contributed by atoms with van der Waals surface area (Å²) >= 11 is 4.49. The lowest BCUT2D eigenvalue weighted by Crippen LogP contribution is -2.29. The van der Waals surface area contributed by atoms with Crippen LogP contribution in [0.25, 0.3) is 77.7 Å². The standard InChI is InChI=1S/C27H18FN.C21H13FIN.C13H10INO.C13H11NO.C8H7FO.C6H7BO2/c28-23-14-11-21(12-15-23)27-18-24(20-9-5-2-6-10-20)25-17-22(13-16-26(25)29-27)19-7-3-1-4-8-19;22-16-8-6-15(7-9-16)21-13-18(14-4-2-1-3-5-14)19-12-17(23)10-11-20(19)24-21;14-10-6-7-12(15)11(8-10)13(16)9-4-2-1-3-5-9;14-12-9-5-4-8-11(12)13(15)10-6-2-1-3-7-10;1-6(10)7-2-4-8(9)5-3-7;8-7(9)6-4-2-1-3-5-6/h1-18H;1-13H;1-8H,15H2;1-9H,14H2;2-5H,1H3;1-5,8-9H. The van der Waals surface area contributed by atoms with E-state index < -0.39 is 7.12 Å². The van der Waals surface area contributed by atoms with Crippen molar-refractivity contribution in [3.63, 3.8) is 0 Å². The lowest BCUT2D eigenvalue weighted by atomic mass is 9.81. The average molecular weight is 1580 g/mol. The monoisotopic (exact) mass is 1580 g/mol. The zero-order chi connectivity index (χ0) is 72.6. The third kappa shape index (κ3) is 20.8. The molecule has 2 aromatic heterocycles. The predicted octanol–water partition coefficient (Wildman–Crippen LogP) is 20.7. The van der Waals surface area contributed by atoms with Gasteiger partial charge in [0.2, 0.25) is 0 Å². The summed E-state index contributed by atoms with van der Waals surface area (Å²) in [6.45, 7) is 1.45. The second kappa shape index (κ2) is 36.7. The number of hydrogen-bond acceptors (Lipinski definition) is 9. The van der Waals surface area contributed by atoms with E-state index in [1.54, 1.807) is 91.0 Å². The molecule has 0 aliphatic rings. The molecule has 0 atom stereocenters. The number of nitrogens with zero attached hydrogens (tertiary/aromatic N) is 2. The Kier molecular flexibility index (Phi) is 26.5. The van der Waals surface area contributed by atoms with Gasteiger partial charge >= 0.3 is 7.12 Å². The quantitative estimate of drug-likeness (QED) is 0.0426. The normalized spacial score (nSPS) is 10.3. The highest BCUT2D eigenvalue weighted by atomic mass is 127. The van der Waals surface area contributed by atoms with Crippen molar-refractivity contribution in [1.29, 1.82) is 0 Å². The molecular formula is C88H66BF3I2N4O5. The summed E-state index contributed by atoms with van der Waals surface area (Å²) in [6.07, 6.45) is 0. The van der Waals surface area contributed by atoms with E-state index in [1.807, 2.05) is 127 Å². The molecule has 13 aromatic carbocycles. The van der Waals surface area contributed by atoms with Crippen molar-refractivity contribution in [2.75, 3.05) is 11.5 Å². The van der Waals surface area contributed by atoms with Crippen molar-refractivity contribution in [1.82, 2.24) is 9.97 Å². The van der Waals surface area contributed by atoms with Crippen LogP contribution in [0.2, 0.25) is 0 Å². The number of benzene rings is 13. The van der Waals surface area contributed by atoms with Gasteiger partial charge in [-0.3, -0.25) is 14.4 Å². The number of halogens is 5. The average Bonchev–Trinajstić information content (AvgIpc) is 0.781. The number of para-hydroxylation sites is 1. The van der Waals surface area contributed by atoms with Gasteiger partial charge in [0, 0.05) is 68.2 Å². The van der Waals surface area contributed by atoms with Gasteiger partial charge < -0.3 is 21.5 Å². The van der Waals surface area contributed by atoms with Crippen LogP contribution in [0, 0.1) is 24.6 Å². The number of nitrogens with two attached hydrogens (primary N) is 2. The van der Waals surface area contributed by atoms with Crippen molar-refractivity contribution in [3.05, 3.63) is 398 Å². The van der Waals surface area contributed by atoms with E-state index in [0.717, 1.165) is 75.7 Å². The van der Waals surface area contributed by atoms with Gasteiger partial charge in [-0.25, -0.2) is 23.1 Å². The molecule has 15 aromatic rings. The van der Waals surface area contributed by atoms with Crippen LogP contribution in [0.1, 0.15) is 49.1 Å². The van der Waals surface area contributed by atoms with Crippen LogP contribution in [0.5, 0.6) is 0 Å². The van der Waals surface area contributed by atoms with Gasteiger partial charge in [-0.1, -0.05) is 200 Å². The van der Waals surface area contributed by atoms with Crippen molar-refractivity contribution in [3.8, 4) is 55.9 Å². The van der Waals surface area contributed by atoms with Crippen LogP contribution in [0.4, 0.5) is 24.5 Å². The molecule has 0 amide bonds. The van der Waals surface area contributed by atoms with Gasteiger partial charge in [0.25, 0.3) is 0 Å². The van der Waals surface area contributed by atoms with E-state index in [-0.39, 0.29) is 34.8 Å². The van der Waals surface area contributed by atoms with E-state index in [9.17, 15) is 27.6 Å². The van der Waals surface area contributed by atoms with Gasteiger partial charge in [-0.15, -0.1) is 0 Å². The maximum absolute atomic E-state index is 13.4. The number of anilines is 2. The molecule has 0 saturated heterocycles. The number of aromatic nitrogens is 2. The Bertz CT molecular complexity index is 5310. The molecule has 0 radical (unpaired) electrons. The van der Waals surface area contributed by atoms with Crippen LogP contribution in [-0.2, 0) is 0 Å². The Morgan fingerprint density at radius 2 is 0.699 bits per heavy atom. The molecule has 6 N–H and O–H groups in total. The van der Waals surface area contributed by atoms with Gasteiger partial charge in [-0.2, -0.15) is 0 Å². The predicted molar refractivity (Wildman–Crippen MR) is 430 cm³/mol. The van der Waals surface area contributed by atoms with E-state index >= 15 is 0 Å². The molecule has 506 valence electrons. The maximum Gasteiger partial charge on any atom is 0.488 e. The fourth-order valence-corrected chi connectivity index (χ4v) is 11.7. The van der Waals surface area contributed by atoms with E-state index in [2.05, 4.69) is 124 Å². The van der Waals surface area contributed by atoms with Crippen molar-refractivity contribution < 1.29 is 37.6 Å². The number of rotatable bonds is 11. The summed E-state index contributed by atoms with van der Waals surface area (Å²) in [5.74, 6) is -0.905. The molecule has 0 unspecified atom stereocenters. The van der Waals surface area contributed by atoms with E-state index in [4.69, 9.17) is 31.5 Å². The van der Waals surface area contributed by atoms with Crippen LogP contribution in [0.15, 0.2) is 346 Å². The number of carbonyl (C=O) groups excluding carboxylic acids is 3. The van der Waals surface area contributed by atoms with Gasteiger partial charge in [0.05, 0.1) is 22.4 Å². The molecule has 2 heterocycles. The fraction of sp³-hybridized carbons (Fsp3) is 0.0114. The summed E-state index contributed by atoms with van der Waals surface area (Å²) in [7, 11) is -1.34. The van der Waals surface area contributed by atoms with Crippen molar-refractivity contribution >= 4 is 108 Å². The Morgan fingerprint density at radius 3 is 1.15 bits per heavy atom. The number of ketones is 3. The second-order valence-electron chi connectivity index (χ2n) is 23.2. The number of fused-ring (bicyclic) bond motifs is 2. The number of nitrogen functional groups attached to an aromatic ring is 2. The fourth-order valence-electron chi connectivity index (χ4n) is 10.7. The Balaban J connectivity index is 0.000000139.